The highest BCUT2D eigenvalue weighted by atomic mass is 16.7. The minimum Gasteiger partial charge on any atom is -0.376 e. The van der Waals surface area contributed by atoms with E-state index in [1.165, 1.54) is 38.5 Å². The highest BCUT2D eigenvalue weighted by Gasteiger charge is 2.19. The molecular weight excluding hydrogens is 216 g/mol. The Kier molecular flexibility index (Phi) is 5.75. The number of hydrogen-bond acceptors (Lipinski definition) is 3. The van der Waals surface area contributed by atoms with Crippen molar-refractivity contribution in [1.82, 2.24) is 0 Å². The maximum atomic E-state index is 5.84. The van der Waals surface area contributed by atoms with Crippen LogP contribution >= 0.6 is 0 Å². The number of ether oxygens (including phenoxy) is 3. The van der Waals surface area contributed by atoms with Crippen LogP contribution in [0.15, 0.2) is 0 Å². The third-order valence-corrected chi connectivity index (χ3v) is 3.84. The van der Waals surface area contributed by atoms with Crippen LogP contribution in [0.25, 0.3) is 0 Å². The standard InChI is InChI=1S/C14H26O3/c1-12-5-7-13(8-6-12)15-10-11-17-14-4-2-3-9-16-14/h12-14H,2-11H2,1H3. The van der Waals surface area contributed by atoms with E-state index in [2.05, 4.69) is 6.92 Å². The fourth-order valence-corrected chi connectivity index (χ4v) is 2.63. The lowest BCUT2D eigenvalue weighted by molar-refractivity contribution is -0.172. The van der Waals surface area contributed by atoms with Crippen molar-refractivity contribution in [2.75, 3.05) is 19.8 Å². The van der Waals surface area contributed by atoms with E-state index in [9.17, 15) is 0 Å². The Labute approximate surface area is 105 Å². The zero-order valence-corrected chi connectivity index (χ0v) is 11.0. The maximum absolute atomic E-state index is 5.84. The first kappa shape index (κ1) is 13.3. The van der Waals surface area contributed by atoms with Crippen molar-refractivity contribution >= 4 is 0 Å². The van der Waals surface area contributed by atoms with Crippen LogP contribution in [0.3, 0.4) is 0 Å². The summed E-state index contributed by atoms with van der Waals surface area (Å²) in [6.07, 6.45) is 9.03. The molecule has 0 bridgehead atoms. The molecule has 0 aromatic heterocycles. The van der Waals surface area contributed by atoms with Gasteiger partial charge in [-0.3, -0.25) is 0 Å². The molecule has 0 radical (unpaired) electrons. The van der Waals surface area contributed by atoms with Gasteiger partial charge in [-0.05, 0) is 50.9 Å². The van der Waals surface area contributed by atoms with Crippen LogP contribution in [0.1, 0.15) is 51.9 Å². The van der Waals surface area contributed by atoms with Gasteiger partial charge in [0.25, 0.3) is 0 Å². The second-order valence-electron chi connectivity index (χ2n) is 5.42. The monoisotopic (exact) mass is 242 g/mol. The molecule has 1 atom stereocenters. The Balaban J connectivity index is 1.48. The van der Waals surface area contributed by atoms with Gasteiger partial charge in [-0.2, -0.15) is 0 Å². The smallest absolute Gasteiger partial charge is 0.157 e. The zero-order valence-electron chi connectivity index (χ0n) is 11.0. The first-order valence-corrected chi connectivity index (χ1v) is 7.19. The van der Waals surface area contributed by atoms with Gasteiger partial charge in [0.1, 0.15) is 0 Å². The van der Waals surface area contributed by atoms with E-state index < -0.39 is 0 Å². The Hall–Kier alpha value is -0.120. The third kappa shape index (κ3) is 4.94. The molecule has 100 valence electrons. The molecule has 1 heterocycles. The van der Waals surface area contributed by atoms with Crippen molar-refractivity contribution in [3.05, 3.63) is 0 Å². The minimum absolute atomic E-state index is 0.0266. The Morgan fingerprint density at radius 1 is 0.941 bits per heavy atom. The molecule has 17 heavy (non-hydrogen) atoms. The molecule has 0 spiro atoms. The maximum Gasteiger partial charge on any atom is 0.157 e. The largest absolute Gasteiger partial charge is 0.376 e. The van der Waals surface area contributed by atoms with Crippen LogP contribution in [-0.2, 0) is 14.2 Å². The minimum atomic E-state index is 0.0266. The zero-order chi connectivity index (χ0) is 11.9. The first-order valence-electron chi connectivity index (χ1n) is 7.19. The predicted octanol–water partition coefficient (Wildman–Crippen LogP) is 3.12. The van der Waals surface area contributed by atoms with Gasteiger partial charge in [0.2, 0.25) is 0 Å². The molecule has 1 unspecified atom stereocenters. The average molecular weight is 242 g/mol. The summed E-state index contributed by atoms with van der Waals surface area (Å²) >= 11 is 0. The van der Waals surface area contributed by atoms with Crippen molar-refractivity contribution in [2.24, 2.45) is 5.92 Å². The molecule has 3 heteroatoms. The van der Waals surface area contributed by atoms with Gasteiger partial charge in [-0.15, -0.1) is 0 Å². The summed E-state index contributed by atoms with van der Waals surface area (Å²) < 4.78 is 17.0. The molecule has 0 amide bonds. The van der Waals surface area contributed by atoms with E-state index in [1.807, 2.05) is 0 Å². The van der Waals surface area contributed by atoms with Crippen LogP contribution in [-0.4, -0.2) is 32.2 Å². The molecule has 1 saturated heterocycles. The predicted molar refractivity (Wildman–Crippen MR) is 66.9 cm³/mol. The molecule has 0 N–H and O–H groups in total. The van der Waals surface area contributed by atoms with Gasteiger partial charge in [-0.1, -0.05) is 6.92 Å². The number of rotatable bonds is 5. The lowest BCUT2D eigenvalue weighted by Crippen LogP contribution is -2.26. The van der Waals surface area contributed by atoms with Crippen molar-refractivity contribution < 1.29 is 14.2 Å². The van der Waals surface area contributed by atoms with Gasteiger partial charge >= 0.3 is 0 Å². The SMILES string of the molecule is CC1CCC(OCCOC2CCCCO2)CC1. The van der Waals surface area contributed by atoms with Gasteiger partial charge in [0.05, 0.1) is 19.3 Å². The molecule has 1 aliphatic carbocycles. The van der Waals surface area contributed by atoms with Crippen LogP contribution in [0.2, 0.25) is 0 Å². The Morgan fingerprint density at radius 3 is 2.41 bits per heavy atom. The van der Waals surface area contributed by atoms with E-state index in [0.29, 0.717) is 12.7 Å². The number of hydrogen-bond donors (Lipinski definition) is 0. The van der Waals surface area contributed by atoms with Crippen molar-refractivity contribution in [3.63, 3.8) is 0 Å². The molecule has 2 rings (SSSR count). The van der Waals surface area contributed by atoms with Crippen LogP contribution in [0.4, 0.5) is 0 Å². The second-order valence-corrected chi connectivity index (χ2v) is 5.42. The summed E-state index contributed by atoms with van der Waals surface area (Å²) in [6, 6.07) is 0. The van der Waals surface area contributed by atoms with Crippen molar-refractivity contribution in [1.29, 1.82) is 0 Å². The van der Waals surface area contributed by atoms with Gasteiger partial charge in [-0.25, -0.2) is 0 Å². The fraction of sp³-hybridized carbons (Fsp3) is 1.00. The van der Waals surface area contributed by atoms with E-state index in [1.54, 1.807) is 0 Å². The van der Waals surface area contributed by atoms with E-state index >= 15 is 0 Å². The lowest BCUT2D eigenvalue weighted by Gasteiger charge is -2.27. The van der Waals surface area contributed by atoms with Crippen LogP contribution < -0.4 is 0 Å². The van der Waals surface area contributed by atoms with Crippen LogP contribution in [0.5, 0.6) is 0 Å². The quantitative estimate of drug-likeness (QED) is 0.693. The Bertz CT molecular complexity index is 194. The molecule has 1 saturated carbocycles. The third-order valence-electron chi connectivity index (χ3n) is 3.84. The molecule has 1 aliphatic heterocycles. The van der Waals surface area contributed by atoms with E-state index in [0.717, 1.165) is 25.6 Å². The summed E-state index contributed by atoms with van der Waals surface area (Å²) in [7, 11) is 0. The summed E-state index contributed by atoms with van der Waals surface area (Å²) in [4.78, 5) is 0. The van der Waals surface area contributed by atoms with Crippen LogP contribution in [0, 0.1) is 5.92 Å². The molecule has 2 aliphatic rings. The topological polar surface area (TPSA) is 27.7 Å². The molecule has 2 fully saturated rings. The highest BCUT2D eigenvalue weighted by Crippen LogP contribution is 2.25. The summed E-state index contributed by atoms with van der Waals surface area (Å²) in [5.41, 5.74) is 0. The molecular formula is C14H26O3. The molecule has 0 aromatic carbocycles. The van der Waals surface area contributed by atoms with E-state index in [-0.39, 0.29) is 6.29 Å². The highest BCUT2D eigenvalue weighted by molar-refractivity contribution is 4.69. The summed E-state index contributed by atoms with van der Waals surface area (Å²) in [6.45, 7) is 4.58. The van der Waals surface area contributed by atoms with Crippen molar-refractivity contribution in [2.45, 2.75) is 64.3 Å². The van der Waals surface area contributed by atoms with Gasteiger partial charge in [0, 0.05) is 6.61 Å². The van der Waals surface area contributed by atoms with Gasteiger partial charge in [0.15, 0.2) is 6.29 Å². The Morgan fingerprint density at radius 2 is 1.71 bits per heavy atom. The summed E-state index contributed by atoms with van der Waals surface area (Å²) in [5.74, 6) is 0.890. The summed E-state index contributed by atoms with van der Waals surface area (Å²) in [5, 5.41) is 0. The molecule has 0 aromatic rings. The lowest BCUT2D eigenvalue weighted by atomic mass is 9.89. The average Bonchev–Trinajstić information content (AvgIpc) is 2.38. The molecule has 3 nitrogen and oxygen atoms in total. The fourth-order valence-electron chi connectivity index (χ4n) is 2.63. The van der Waals surface area contributed by atoms with E-state index in [4.69, 9.17) is 14.2 Å². The van der Waals surface area contributed by atoms with Crippen molar-refractivity contribution in [3.8, 4) is 0 Å². The first-order chi connectivity index (χ1) is 8.34. The van der Waals surface area contributed by atoms with Gasteiger partial charge < -0.3 is 14.2 Å². The normalized spacial score (nSPS) is 34.8. The second kappa shape index (κ2) is 7.34.